The minimum Gasteiger partial charge on any atom is -0.496 e. The fraction of sp³-hybridized carbons (Fsp3) is 0.333. The van der Waals surface area contributed by atoms with Gasteiger partial charge in [-0.3, -0.25) is 4.79 Å². The van der Waals surface area contributed by atoms with Crippen LogP contribution in [-0.4, -0.2) is 30.8 Å². The maximum atomic E-state index is 11.6. The Morgan fingerprint density at radius 1 is 1.35 bits per heavy atom. The monoisotopic (exact) mass is 238 g/mol. The Bertz CT molecular complexity index is 425. The summed E-state index contributed by atoms with van der Waals surface area (Å²) in [4.78, 5) is 22.4. The van der Waals surface area contributed by atoms with E-state index < -0.39 is 11.9 Å². The highest BCUT2D eigenvalue weighted by Crippen LogP contribution is 2.23. The van der Waals surface area contributed by atoms with E-state index in [9.17, 15) is 9.59 Å². The molecular formula is C12H14O5. The highest BCUT2D eigenvalue weighted by atomic mass is 16.5. The van der Waals surface area contributed by atoms with E-state index in [1.54, 1.807) is 19.1 Å². The molecule has 0 aliphatic carbocycles. The zero-order valence-electron chi connectivity index (χ0n) is 9.73. The number of aliphatic carboxylic acids is 1. The summed E-state index contributed by atoms with van der Waals surface area (Å²) in [5.74, 6) is -1.19. The van der Waals surface area contributed by atoms with Crippen LogP contribution in [-0.2, 0) is 16.0 Å². The number of hydrogen-bond donors (Lipinski definition) is 1. The third-order valence-corrected chi connectivity index (χ3v) is 2.18. The molecule has 1 aromatic carbocycles. The maximum Gasteiger partial charge on any atom is 0.338 e. The molecule has 0 bridgehead atoms. The van der Waals surface area contributed by atoms with Gasteiger partial charge in [0.1, 0.15) is 5.75 Å². The summed E-state index contributed by atoms with van der Waals surface area (Å²) < 4.78 is 9.91. The van der Waals surface area contributed by atoms with E-state index in [1.807, 2.05) is 0 Å². The van der Waals surface area contributed by atoms with Crippen molar-refractivity contribution in [2.75, 3.05) is 13.7 Å². The largest absolute Gasteiger partial charge is 0.496 e. The molecule has 1 aromatic rings. The molecule has 0 aromatic heterocycles. The number of benzene rings is 1. The smallest absolute Gasteiger partial charge is 0.338 e. The number of ether oxygens (including phenoxy) is 2. The number of carbonyl (C=O) groups excluding carboxylic acids is 1. The molecule has 1 N–H and O–H groups in total. The summed E-state index contributed by atoms with van der Waals surface area (Å²) in [6.45, 7) is 1.93. The van der Waals surface area contributed by atoms with Gasteiger partial charge in [-0.05, 0) is 19.1 Å². The first-order chi connectivity index (χ1) is 8.10. The molecule has 0 aliphatic rings. The van der Waals surface area contributed by atoms with Crippen molar-refractivity contribution in [1.82, 2.24) is 0 Å². The minimum atomic E-state index is -1.03. The molecule has 0 amide bonds. The summed E-state index contributed by atoms with van der Waals surface area (Å²) >= 11 is 0. The summed E-state index contributed by atoms with van der Waals surface area (Å²) in [7, 11) is 1.43. The van der Waals surface area contributed by atoms with Crippen molar-refractivity contribution in [2.45, 2.75) is 13.3 Å². The molecule has 0 unspecified atom stereocenters. The van der Waals surface area contributed by atoms with Crippen LogP contribution >= 0.6 is 0 Å². The number of carboxylic acid groups (broad SMARTS) is 1. The van der Waals surface area contributed by atoms with Crippen LogP contribution < -0.4 is 4.74 Å². The molecule has 0 radical (unpaired) electrons. The Morgan fingerprint density at radius 2 is 2.06 bits per heavy atom. The number of carboxylic acids is 1. The number of rotatable bonds is 5. The Hall–Kier alpha value is -2.04. The molecular weight excluding hydrogens is 224 g/mol. The number of methoxy groups -OCH3 is 1. The van der Waals surface area contributed by atoms with Crippen LogP contribution in [0, 0.1) is 0 Å². The van der Waals surface area contributed by atoms with Gasteiger partial charge in [0.05, 0.1) is 25.7 Å². The van der Waals surface area contributed by atoms with E-state index in [4.69, 9.17) is 14.6 Å². The Morgan fingerprint density at radius 3 is 2.59 bits per heavy atom. The van der Waals surface area contributed by atoms with Crippen molar-refractivity contribution in [3.63, 3.8) is 0 Å². The normalized spacial score (nSPS) is 9.76. The van der Waals surface area contributed by atoms with E-state index in [0.717, 1.165) is 0 Å². The van der Waals surface area contributed by atoms with Crippen molar-refractivity contribution >= 4 is 11.9 Å². The molecule has 0 saturated heterocycles. The second-order valence-electron chi connectivity index (χ2n) is 3.28. The molecule has 0 atom stereocenters. The van der Waals surface area contributed by atoms with Crippen LogP contribution in [0.3, 0.4) is 0 Å². The van der Waals surface area contributed by atoms with Gasteiger partial charge in [0.25, 0.3) is 0 Å². The van der Waals surface area contributed by atoms with Crippen LogP contribution in [0.15, 0.2) is 18.2 Å². The SMILES string of the molecule is CCOC(=O)c1cccc(OC)c1CC(=O)O. The maximum absolute atomic E-state index is 11.6. The standard InChI is InChI=1S/C12H14O5/c1-3-17-12(15)8-5-4-6-10(16-2)9(8)7-11(13)14/h4-6H,3,7H2,1-2H3,(H,13,14). The molecule has 0 heterocycles. The average Bonchev–Trinajstić information content (AvgIpc) is 2.28. The lowest BCUT2D eigenvalue weighted by Crippen LogP contribution is -2.12. The van der Waals surface area contributed by atoms with Crippen LogP contribution in [0.2, 0.25) is 0 Å². The van der Waals surface area contributed by atoms with Crippen molar-refractivity contribution in [2.24, 2.45) is 0 Å². The molecule has 92 valence electrons. The minimum absolute atomic E-state index is 0.230. The molecule has 0 saturated carbocycles. The topological polar surface area (TPSA) is 72.8 Å². The van der Waals surface area contributed by atoms with Gasteiger partial charge in [-0.15, -0.1) is 0 Å². The van der Waals surface area contributed by atoms with Gasteiger partial charge in [-0.1, -0.05) is 6.07 Å². The predicted molar refractivity (Wildman–Crippen MR) is 60.3 cm³/mol. The fourth-order valence-electron chi connectivity index (χ4n) is 1.49. The third-order valence-electron chi connectivity index (χ3n) is 2.18. The van der Waals surface area contributed by atoms with Crippen LogP contribution in [0.4, 0.5) is 0 Å². The van der Waals surface area contributed by atoms with E-state index in [0.29, 0.717) is 11.3 Å². The van der Waals surface area contributed by atoms with Gasteiger partial charge in [-0.2, -0.15) is 0 Å². The third kappa shape index (κ3) is 3.21. The summed E-state index contributed by atoms with van der Waals surface area (Å²) in [6.07, 6.45) is -0.280. The molecule has 0 aliphatic heterocycles. The highest BCUT2D eigenvalue weighted by molar-refractivity contribution is 5.93. The lowest BCUT2D eigenvalue weighted by molar-refractivity contribution is -0.136. The molecule has 0 fully saturated rings. The molecule has 17 heavy (non-hydrogen) atoms. The zero-order chi connectivity index (χ0) is 12.8. The van der Waals surface area contributed by atoms with E-state index >= 15 is 0 Å². The van der Waals surface area contributed by atoms with E-state index in [1.165, 1.54) is 13.2 Å². The number of hydrogen-bond acceptors (Lipinski definition) is 4. The van der Waals surface area contributed by atoms with Crippen molar-refractivity contribution in [3.8, 4) is 5.75 Å². The Balaban J connectivity index is 3.18. The van der Waals surface area contributed by atoms with Gasteiger partial charge in [0.15, 0.2) is 0 Å². The highest BCUT2D eigenvalue weighted by Gasteiger charge is 2.18. The Labute approximate surface area is 99.0 Å². The zero-order valence-corrected chi connectivity index (χ0v) is 9.73. The second kappa shape index (κ2) is 5.89. The predicted octanol–water partition coefficient (Wildman–Crippen LogP) is 1.50. The molecule has 1 rings (SSSR count). The van der Waals surface area contributed by atoms with Gasteiger partial charge < -0.3 is 14.6 Å². The van der Waals surface area contributed by atoms with E-state index in [2.05, 4.69) is 0 Å². The van der Waals surface area contributed by atoms with Gasteiger partial charge in [0, 0.05) is 5.56 Å². The lowest BCUT2D eigenvalue weighted by atomic mass is 10.0. The van der Waals surface area contributed by atoms with Gasteiger partial charge in [-0.25, -0.2) is 4.79 Å². The summed E-state index contributed by atoms with van der Waals surface area (Å²) in [5, 5.41) is 8.82. The van der Waals surface area contributed by atoms with Gasteiger partial charge >= 0.3 is 11.9 Å². The fourth-order valence-corrected chi connectivity index (χ4v) is 1.49. The average molecular weight is 238 g/mol. The second-order valence-corrected chi connectivity index (χ2v) is 3.28. The molecule has 5 heteroatoms. The number of esters is 1. The van der Waals surface area contributed by atoms with Crippen LogP contribution in [0.5, 0.6) is 5.75 Å². The Kier molecular flexibility index (Phi) is 4.51. The number of carbonyl (C=O) groups is 2. The first-order valence-corrected chi connectivity index (χ1v) is 5.15. The van der Waals surface area contributed by atoms with Crippen molar-refractivity contribution in [1.29, 1.82) is 0 Å². The van der Waals surface area contributed by atoms with Crippen LogP contribution in [0.25, 0.3) is 0 Å². The van der Waals surface area contributed by atoms with E-state index in [-0.39, 0.29) is 18.6 Å². The summed E-state index contributed by atoms with van der Waals surface area (Å²) in [5.41, 5.74) is 0.564. The first kappa shape index (κ1) is 13.0. The first-order valence-electron chi connectivity index (χ1n) is 5.15. The van der Waals surface area contributed by atoms with Crippen LogP contribution in [0.1, 0.15) is 22.8 Å². The van der Waals surface area contributed by atoms with Crippen molar-refractivity contribution in [3.05, 3.63) is 29.3 Å². The van der Waals surface area contributed by atoms with Crippen molar-refractivity contribution < 1.29 is 24.2 Å². The summed E-state index contributed by atoms with van der Waals surface area (Å²) in [6, 6.07) is 4.76. The quantitative estimate of drug-likeness (QED) is 0.787. The lowest BCUT2D eigenvalue weighted by Gasteiger charge is -2.11. The molecule has 0 spiro atoms. The van der Waals surface area contributed by atoms with Gasteiger partial charge in [0.2, 0.25) is 0 Å². The molecule has 5 nitrogen and oxygen atoms in total.